The van der Waals surface area contributed by atoms with Gasteiger partial charge < -0.3 is 9.84 Å². The van der Waals surface area contributed by atoms with Gasteiger partial charge >= 0.3 is 5.97 Å². The molecule has 2 rings (SSSR count). The fourth-order valence-electron chi connectivity index (χ4n) is 1.50. The summed E-state index contributed by atoms with van der Waals surface area (Å²) >= 11 is 0. The molecule has 0 fully saturated rings. The molecule has 0 spiro atoms. The lowest BCUT2D eigenvalue weighted by Crippen LogP contribution is -1.99. The SMILES string of the molecule is CS(=O)(=O)c1cccc(Oc2cncc(C(=O)O)c2)c1. The van der Waals surface area contributed by atoms with Crippen LogP contribution in [0.2, 0.25) is 0 Å². The predicted molar refractivity (Wildman–Crippen MR) is 70.8 cm³/mol. The molecule has 6 nitrogen and oxygen atoms in total. The fraction of sp³-hybridized carbons (Fsp3) is 0.0769. The van der Waals surface area contributed by atoms with E-state index in [1.54, 1.807) is 12.1 Å². The summed E-state index contributed by atoms with van der Waals surface area (Å²) < 4.78 is 28.3. The van der Waals surface area contributed by atoms with Gasteiger partial charge in [0.2, 0.25) is 0 Å². The van der Waals surface area contributed by atoms with E-state index in [-0.39, 0.29) is 22.0 Å². The second-order valence-corrected chi connectivity index (χ2v) is 6.08. The highest BCUT2D eigenvalue weighted by molar-refractivity contribution is 7.90. The maximum atomic E-state index is 11.4. The average Bonchev–Trinajstić information content (AvgIpc) is 2.38. The number of aromatic nitrogens is 1. The van der Waals surface area contributed by atoms with Gasteiger partial charge in [0.25, 0.3) is 0 Å². The van der Waals surface area contributed by atoms with Crippen LogP contribution < -0.4 is 4.74 Å². The van der Waals surface area contributed by atoms with E-state index < -0.39 is 15.8 Å². The number of carboxylic acid groups (broad SMARTS) is 1. The minimum atomic E-state index is -3.33. The highest BCUT2D eigenvalue weighted by Gasteiger charge is 2.09. The monoisotopic (exact) mass is 293 g/mol. The summed E-state index contributed by atoms with van der Waals surface area (Å²) in [6, 6.07) is 7.24. The highest BCUT2D eigenvalue weighted by atomic mass is 32.2. The molecule has 0 radical (unpaired) electrons. The molecular weight excluding hydrogens is 282 g/mol. The Morgan fingerprint density at radius 2 is 1.95 bits per heavy atom. The number of nitrogens with zero attached hydrogens (tertiary/aromatic N) is 1. The molecule has 2 aromatic rings. The number of aromatic carboxylic acids is 1. The standard InChI is InChI=1S/C13H11NO5S/c1-20(17,18)12-4-2-3-10(6-12)19-11-5-9(13(15)16)7-14-8-11/h2-8H,1H3,(H,15,16). The van der Waals surface area contributed by atoms with Crippen molar-refractivity contribution < 1.29 is 23.1 Å². The molecule has 1 aromatic carbocycles. The molecule has 0 aliphatic rings. The second kappa shape index (κ2) is 5.30. The number of carboxylic acids is 1. The summed E-state index contributed by atoms with van der Waals surface area (Å²) in [5.41, 5.74) is -0.0123. The van der Waals surface area contributed by atoms with E-state index in [0.29, 0.717) is 0 Å². The zero-order valence-electron chi connectivity index (χ0n) is 10.5. The third-order valence-electron chi connectivity index (χ3n) is 2.43. The van der Waals surface area contributed by atoms with Crippen LogP contribution in [0.1, 0.15) is 10.4 Å². The van der Waals surface area contributed by atoms with Gasteiger partial charge in [0.05, 0.1) is 16.7 Å². The van der Waals surface area contributed by atoms with Gasteiger partial charge in [-0.15, -0.1) is 0 Å². The van der Waals surface area contributed by atoms with Gasteiger partial charge in [-0.25, -0.2) is 13.2 Å². The largest absolute Gasteiger partial charge is 0.478 e. The number of benzene rings is 1. The first-order valence-corrected chi connectivity index (χ1v) is 7.42. The van der Waals surface area contributed by atoms with Crippen molar-refractivity contribution in [2.45, 2.75) is 4.90 Å². The first kappa shape index (κ1) is 14.0. The first-order chi connectivity index (χ1) is 9.36. The number of sulfone groups is 1. The Hall–Kier alpha value is -2.41. The second-order valence-electron chi connectivity index (χ2n) is 4.06. The molecule has 0 amide bonds. The van der Waals surface area contributed by atoms with Crippen LogP contribution >= 0.6 is 0 Å². The molecule has 1 aromatic heterocycles. The van der Waals surface area contributed by atoms with Crippen molar-refractivity contribution in [2.24, 2.45) is 0 Å². The van der Waals surface area contributed by atoms with E-state index in [2.05, 4.69) is 4.98 Å². The molecular formula is C13H11NO5S. The summed E-state index contributed by atoms with van der Waals surface area (Å²) in [4.78, 5) is 14.7. The minimum Gasteiger partial charge on any atom is -0.478 e. The first-order valence-electron chi connectivity index (χ1n) is 5.52. The minimum absolute atomic E-state index is 0.0123. The molecule has 7 heteroatoms. The van der Waals surface area contributed by atoms with Crippen LogP contribution in [0.25, 0.3) is 0 Å². The van der Waals surface area contributed by atoms with E-state index in [4.69, 9.17) is 9.84 Å². The van der Waals surface area contributed by atoms with Crippen molar-refractivity contribution in [3.63, 3.8) is 0 Å². The van der Waals surface area contributed by atoms with Gasteiger partial charge in [-0.1, -0.05) is 6.07 Å². The number of carbonyl (C=O) groups is 1. The van der Waals surface area contributed by atoms with E-state index >= 15 is 0 Å². The third kappa shape index (κ3) is 3.33. The normalized spacial score (nSPS) is 11.1. The van der Waals surface area contributed by atoms with Crippen LogP contribution in [-0.4, -0.2) is 30.7 Å². The lowest BCUT2D eigenvalue weighted by molar-refractivity contribution is 0.0696. The van der Waals surface area contributed by atoms with E-state index in [0.717, 1.165) is 6.26 Å². The molecule has 20 heavy (non-hydrogen) atoms. The van der Waals surface area contributed by atoms with Crippen LogP contribution in [0.5, 0.6) is 11.5 Å². The van der Waals surface area contributed by atoms with Gasteiger partial charge in [-0.2, -0.15) is 0 Å². The predicted octanol–water partition coefficient (Wildman–Crippen LogP) is 1.98. The van der Waals surface area contributed by atoms with Crippen LogP contribution in [0.3, 0.4) is 0 Å². The van der Waals surface area contributed by atoms with Gasteiger partial charge in [0.1, 0.15) is 11.5 Å². The Morgan fingerprint density at radius 3 is 2.60 bits per heavy atom. The Labute approximate surface area is 115 Å². The Balaban J connectivity index is 2.31. The topological polar surface area (TPSA) is 93.6 Å². The van der Waals surface area contributed by atoms with Crippen molar-refractivity contribution >= 4 is 15.8 Å². The van der Waals surface area contributed by atoms with E-state index in [9.17, 15) is 13.2 Å². The maximum Gasteiger partial charge on any atom is 0.337 e. The molecule has 0 unspecified atom stereocenters. The van der Waals surface area contributed by atoms with Crippen LogP contribution in [-0.2, 0) is 9.84 Å². The lowest BCUT2D eigenvalue weighted by atomic mass is 10.3. The number of pyridine rings is 1. The molecule has 0 saturated heterocycles. The van der Waals surface area contributed by atoms with Gasteiger partial charge in [0.15, 0.2) is 9.84 Å². The third-order valence-corrected chi connectivity index (χ3v) is 3.54. The number of hydrogen-bond acceptors (Lipinski definition) is 5. The molecule has 0 aliphatic carbocycles. The zero-order valence-corrected chi connectivity index (χ0v) is 11.3. The van der Waals surface area contributed by atoms with Crippen LogP contribution in [0, 0.1) is 0 Å². The smallest absolute Gasteiger partial charge is 0.337 e. The molecule has 0 bridgehead atoms. The Kier molecular flexibility index (Phi) is 3.71. The summed E-state index contributed by atoms with van der Waals surface area (Å²) in [7, 11) is -3.33. The van der Waals surface area contributed by atoms with Gasteiger partial charge in [-0.05, 0) is 24.3 Å². The highest BCUT2D eigenvalue weighted by Crippen LogP contribution is 2.24. The van der Waals surface area contributed by atoms with E-state index in [1.807, 2.05) is 0 Å². The summed E-state index contributed by atoms with van der Waals surface area (Å²) in [5, 5.41) is 8.85. The number of ether oxygens (including phenoxy) is 1. The molecule has 104 valence electrons. The zero-order chi connectivity index (χ0) is 14.8. The van der Waals surface area contributed by atoms with Crippen molar-refractivity contribution in [3.05, 3.63) is 48.3 Å². The molecule has 0 saturated carbocycles. The van der Waals surface area contributed by atoms with Crippen molar-refractivity contribution in [1.29, 1.82) is 0 Å². The maximum absolute atomic E-state index is 11.4. The van der Waals surface area contributed by atoms with Gasteiger partial charge in [0, 0.05) is 12.5 Å². The Bertz CT molecular complexity index is 755. The van der Waals surface area contributed by atoms with Crippen molar-refractivity contribution in [1.82, 2.24) is 4.98 Å². The number of hydrogen-bond donors (Lipinski definition) is 1. The molecule has 1 N–H and O–H groups in total. The van der Waals surface area contributed by atoms with Crippen molar-refractivity contribution in [2.75, 3.05) is 6.26 Å². The molecule has 0 atom stereocenters. The van der Waals surface area contributed by atoms with E-state index in [1.165, 1.54) is 30.6 Å². The molecule has 1 heterocycles. The summed E-state index contributed by atoms with van der Waals surface area (Å²) in [6.07, 6.45) is 3.64. The lowest BCUT2D eigenvalue weighted by Gasteiger charge is -2.07. The Morgan fingerprint density at radius 1 is 1.20 bits per heavy atom. The summed E-state index contributed by atoms with van der Waals surface area (Å²) in [5.74, 6) is -0.611. The average molecular weight is 293 g/mol. The summed E-state index contributed by atoms with van der Waals surface area (Å²) in [6.45, 7) is 0. The molecule has 0 aliphatic heterocycles. The van der Waals surface area contributed by atoms with Crippen LogP contribution in [0.4, 0.5) is 0 Å². The quantitative estimate of drug-likeness (QED) is 0.926. The van der Waals surface area contributed by atoms with Crippen molar-refractivity contribution in [3.8, 4) is 11.5 Å². The fourth-order valence-corrected chi connectivity index (χ4v) is 2.15. The van der Waals surface area contributed by atoms with Crippen LogP contribution in [0.15, 0.2) is 47.6 Å². The number of rotatable bonds is 4. The van der Waals surface area contributed by atoms with Gasteiger partial charge in [-0.3, -0.25) is 4.98 Å².